The van der Waals surface area contributed by atoms with E-state index in [2.05, 4.69) is 38.1 Å². The summed E-state index contributed by atoms with van der Waals surface area (Å²) < 4.78 is 8.28. The molecule has 0 aliphatic carbocycles. The fourth-order valence-corrected chi connectivity index (χ4v) is 4.37. The van der Waals surface area contributed by atoms with Crippen LogP contribution in [0.4, 0.5) is 0 Å². The van der Waals surface area contributed by atoms with Crippen LogP contribution in [-0.2, 0) is 11.3 Å². The molecule has 1 aromatic heterocycles. The SMILES string of the molecule is CNC(c1c(Br)cnn1CCOC)C1CCCS1. The molecule has 2 heterocycles. The number of halogens is 1. The van der Waals surface area contributed by atoms with Gasteiger partial charge in [0.25, 0.3) is 0 Å². The van der Waals surface area contributed by atoms with Crippen molar-refractivity contribution in [3.63, 3.8) is 0 Å². The van der Waals surface area contributed by atoms with E-state index in [1.54, 1.807) is 7.11 Å². The van der Waals surface area contributed by atoms with Crippen LogP contribution < -0.4 is 5.32 Å². The van der Waals surface area contributed by atoms with Gasteiger partial charge in [0.2, 0.25) is 0 Å². The molecule has 1 aliphatic rings. The third kappa shape index (κ3) is 3.10. The lowest BCUT2D eigenvalue weighted by atomic mass is 10.1. The van der Waals surface area contributed by atoms with Gasteiger partial charge < -0.3 is 10.1 Å². The second kappa shape index (κ2) is 6.93. The van der Waals surface area contributed by atoms with Crippen LogP contribution in [0.3, 0.4) is 0 Å². The van der Waals surface area contributed by atoms with Crippen LogP contribution in [0.15, 0.2) is 10.7 Å². The quantitative estimate of drug-likeness (QED) is 0.867. The van der Waals surface area contributed by atoms with Crippen LogP contribution in [0.2, 0.25) is 0 Å². The van der Waals surface area contributed by atoms with E-state index in [0.29, 0.717) is 17.9 Å². The fourth-order valence-electron chi connectivity index (χ4n) is 2.40. The highest BCUT2D eigenvalue weighted by atomic mass is 79.9. The highest BCUT2D eigenvalue weighted by Gasteiger charge is 2.29. The van der Waals surface area contributed by atoms with Crippen molar-refractivity contribution in [2.75, 3.05) is 26.5 Å². The standard InChI is InChI=1S/C12H20BrN3OS/c1-14-11(10-4-3-7-18-10)12-9(13)8-15-16(12)5-6-17-2/h8,10-11,14H,3-7H2,1-2H3. The molecule has 0 spiro atoms. The van der Waals surface area contributed by atoms with Crippen molar-refractivity contribution in [1.82, 2.24) is 15.1 Å². The van der Waals surface area contributed by atoms with Gasteiger partial charge in [-0.05, 0) is 41.6 Å². The first kappa shape index (κ1) is 14.4. The zero-order chi connectivity index (χ0) is 13.0. The maximum atomic E-state index is 5.15. The summed E-state index contributed by atoms with van der Waals surface area (Å²) in [6.07, 6.45) is 4.48. The summed E-state index contributed by atoms with van der Waals surface area (Å²) in [5.41, 5.74) is 1.24. The lowest BCUT2D eigenvalue weighted by Crippen LogP contribution is -2.29. The van der Waals surface area contributed by atoms with Crippen molar-refractivity contribution < 1.29 is 4.74 Å². The first-order valence-electron chi connectivity index (χ1n) is 6.27. The van der Waals surface area contributed by atoms with Gasteiger partial charge in [-0.1, -0.05) is 0 Å². The van der Waals surface area contributed by atoms with E-state index >= 15 is 0 Å². The Morgan fingerprint density at radius 2 is 2.56 bits per heavy atom. The summed E-state index contributed by atoms with van der Waals surface area (Å²) in [5, 5.41) is 8.53. The van der Waals surface area contributed by atoms with E-state index in [-0.39, 0.29) is 0 Å². The van der Waals surface area contributed by atoms with Crippen molar-refractivity contribution in [2.24, 2.45) is 0 Å². The minimum absolute atomic E-state index is 0.353. The topological polar surface area (TPSA) is 39.1 Å². The zero-order valence-corrected chi connectivity index (χ0v) is 13.3. The van der Waals surface area contributed by atoms with Gasteiger partial charge in [0.1, 0.15) is 0 Å². The Kier molecular flexibility index (Phi) is 5.54. The third-order valence-electron chi connectivity index (χ3n) is 3.28. The molecule has 102 valence electrons. The molecule has 18 heavy (non-hydrogen) atoms. The molecule has 1 aliphatic heterocycles. The van der Waals surface area contributed by atoms with Gasteiger partial charge in [-0.2, -0.15) is 16.9 Å². The third-order valence-corrected chi connectivity index (χ3v) is 5.35. The molecule has 2 rings (SSSR count). The molecule has 2 atom stereocenters. The Morgan fingerprint density at radius 1 is 1.72 bits per heavy atom. The summed E-state index contributed by atoms with van der Waals surface area (Å²) in [7, 11) is 3.75. The minimum atomic E-state index is 0.353. The molecule has 0 radical (unpaired) electrons. The summed E-state index contributed by atoms with van der Waals surface area (Å²) >= 11 is 5.68. The van der Waals surface area contributed by atoms with Gasteiger partial charge >= 0.3 is 0 Å². The number of rotatable bonds is 6. The Bertz CT molecular complexity index is 379. The monoisotopic (exact) mass is 333 g/mol. The van der Waals surface area contributed by atoms with Gasteiger partial charge in [0, 0.05) is 12.4 Å². The van der Waals surface area contributed by atoms with Gasteiger partial charge in [-0.15, -0.1) is 0 Å². The number of ether oxygens (including phenoxy) is 1. The molecule has 1 aromatic rings. The second-order valence-corrected chi connectivity index (χ2v) is 6.61. The van der Waals surface area contributed by atoms with Gasteiger partial charge in [0.15, 0.2) is 0 Å². The molecule has 0 bridgehead atoms. The fraction of sp³-hybridized carbons (Fsp3) is 0.750. The maximum Gasteiger partial charge on any atom is 0.0707 e. The molecule has 0 amide bonds. The van der Waals surface area contributed by atoms with E-state index in [0.717, 1.165) is 11.0 Å². The highest BCUT2D eigenvalue weighted by molar-refractivity contribution is 9.10. The normalized spacial score (nSPS) is 21.4. The Labute approximate surface area is 121 Å². The highest BCUT2D eigenvalue weighted by Crippen LogP contribution is 2.38. The smallest absolute Gasteiger partial charge is 0.0707 e. The van der Waals surface area contributed by atoms with Crippen molar-refractivity contribution in [2.45, 2.75) is 30.7 Å². The van der Waals surface area contributed by atoms with E-state index in [1.807, 2.05) is 17.9 Å². The molecule has 2 unspecified atom stereocenters. The van der Waals surface area contributed by atoms with Crippen LogP contribution in [0.5, 0.6) is 0 Å². The van der Waals surface area contributed by atoms with Gasteiger partial charge in [-0.25, -0.2) is 0 Å². The molecular formula is C12H20BrN3OS. The van der Waals surface area contributed by atoms with Crippen LogP contribution in [0.25, 0.3) is 0 Å². The molecule has 0 aromatic carbocycles. The van der Waals surface area contributed by atoms with Crippen LogP contribution in [-0.4, -0.2) is 41.5 Å². The minimum Gasteiger partial charge on any atom is -0.383 e. The van der Waals surface area contributed by atoms with Crippen molar-refractivity contribution in [3.8, 4) is 0 Å². The predicted molar refractivity (Wildman–Crippen MR) is 79.1 cm³/mol. The van der Waals surface area contributed by atoms with Gasteiger partial charge in [-0.3, -0.25) is 4.68 Å². The summed E-state index contributed by atoms with van der Waals surface area (Å²) in [5.74, 6) is 1.27. The first-order chi connectivity index (χ1) is 8.77. The number of hydrogen-bond donors (Lipinski definition) is 1. The lowest BCUT2D eigenvalue weighted by Gasteiger charge is -2.24. The molecule has 0 saturated carbocycles. The second-order valence-electron chi connectivity index (χ2n) is 4.41. The van der Waals surface area contributed by atoms with Gasteiger partial charge in [0.05, 0.1) is 35.6 Å². The van der Waals surface area contributed by atoms with Crippen LogP contribution in [0.1, 0.15) is 24.6 Å². The molecule has 4 nitrogen and oxygen atoms in total. The Hall–Kier alpha value is -0.0400. The van der Waals surface area contributed by atoms with Crippen LogP contribution >= 0.6 is 27.7 Å². The maximum absolute atomic E-state index is 5.15. The zero-order valence-electron chi connectivity index (χ0n) is 10.9. The van der Waals surface area contributed by atoms with Crippen molar-refractivity contribution >= 4 is 27.7 Å². The molecule has 1 saturated heterocycles. The molecule has 1 N–H and O–H groups in total. The predicted octanol–water partition coefficient (Wildman–Crippen LogP) is 2.45. The van der Waals surface area contributed by atoms with Crippen LogP contribution in [0, 0.1) is 0 Å². The van der Waals surface area contributed by atoms with Crippen molar-refractivity contribution in [3.05, 3.63) is 16.4 Å². The molecular weight excluding hydrogens is 314 g/mol. The number of hydrogen-bond acceptors (Lipinski definition) is 4. The summed E-state index contributed by atoms with van der Waals surface area (Å²) in [6.45, 7) is 1.49. The number of methoxy groups -OCH3 is 1. The Morgan fingerprint density at radius 3 is 3.17 bits per heavy atom. The van der Waals surface area contributed by atoms with E-state index < -0.39 is 0 Å². The number of aromatic nitrogens is 2. The molecule has 1 fully saturated rings. The average Bonchev–Trinajstić information content (AvgIpc) is 3.00. The average molecular weight is 334 g/mol. The number of nitrogens with one attached hydrogen (secondary N) is 1. The van der Waals surface area contributed by atoms with E-state index in [1.165, 1.54) is 24.3 Å². The molecule has 6 heteroatoms. The Balaban J connectivity index is 2.20. The van der Waals surface area contributed by atoms with E-state index in [4.69, 9.17) is 4.74 Å². The summed E-state index contributed by atoms with van der Waals surface area (Å²) in [6, 6.07) is 0.353. The first-order valence-corrected chi connectivity index (χ1v) is 8.11. The van der Waals surface area contributed by atoms with Crippen molar-refractivity contribution in [1.29, 1.82) is 0 Å². The summed E-state index contributed by atoms with van der Waals surface area (Å²) in [4.78, 5) is 0. The number of nitrogens with zero attached hydrogens (tertiary/aromatic N) is 2. The lowest BCUT2D eigenvalue weighted by molar-refractivity contribution is 0.181. The van der Waals surface area contributed by atoms with E-state index in [9.17, 15) is 0 Å². The number of thioether (sulfide) groups is 1. The largest absolute Gasteiger partial charge is 0.383 e.